The van der Waals surface area contributed by atoms with Crippen molar-refractivity contribution in [3.05, 3.63) is 0 Å². The molecule has 0 aliphatic carbocycles. The molecule has 0 saturated carbocycles. The summed E-state index contributed by atoms with van der Waals surface area (Å²) in [6, 6.07) is 2.42. The second-order valence-electron chi connectivity index (χ2n) is 6.21. The molecule has 2 atom stereocenters. The number of nitrogens with zero attached hydrogens (tertiary/aromatic N) is 1. The molecular formula is C16H32N2O. The molecule has 2 aliphatic rings. The summed E-state index contributed by atoms with van der Waals surface area (Å²) in [4.78, 5) is 2.73. The molecule has 2 unspecified atom stereocenters. The van der Waals surface area contributed by atoms with Crippen LogP contribution in [0.3, 0.4) is 0 Å². The lowest BCUT2D eigenvalue weighted by Crippen LogP contribution is -2.50. The van der Waals surface area contributed by atoms with Gasteiger partial charge < -0.3 is 10.1 Å². The summed E-state index contributed by atoms with van der Waals surface area (Å²) in [5.74, 6) is 0. The molecule has 0 spiro atoms. The molecule has 3 heteroatoms. The van der Waals surface area contributed by atoms with Crippen LogP contribution >= 0.6 is 0 Å². The average Bonchev–Trinajstić information content (AvgIpc) is 2.67. The van der Waals surface area contributed by atoms with Gasteiger partial charge in [0.2, 0.25) is 0 Å². The highest BCUT2D eigenvalue weighted by Gasteiger charge is 2.39. The second kappa shape index (κ2) is 8.23. The summed E-state index contributed by atoms with van der Waals surface area (Å²) in [5, 5.41) is 3.72. The van der Waals surface area contributed by atoms with Crippen molar-refractivity contribution in [3.63, 3.8) is 0 Å². The zero-order valence-corrected chi connectivity index (χ0v) is 12.9. The van der Waals surface area contributed by atoms with Crippen molar-refractivity contribution in [1.29, 1.82) is 0 Å². The van der Waals surface area contributed by atoms with Crippen molar-refractivity contribution in [2.24, 2.45) is 0 Å². The Morgan fingerprint density at radius 1 is 1.05 bits per heavy atom. The van der Waals surface area contributed by atoms with Crippen molar-refractivity contribution < 1.29 is 4.74 Å². The van der Waals surface area contributed by atoms with Crippen LogP contribution in [-0.4, -0.2) is 49.3 Å². The van der Waals surface area contributed by atoms with E-state index in [4.69, 9.17) is 4.74 Å². The highest BCUT2D eigenvalue weighted by molar-refractivity contribution is 4.97. The number of hydrogen-bond acceptors (Lipinski definition) is 3. The highest BCUT2D eigenvalue weighted by atomic mass is 16.5. The van der Waals surface area contributed by atoms with E-state index < -0.39 is 0 Å². The zero-order chi connectivity index (χ0) is 13.5. The first-order valence-corrected chi connectivity index (χ1v) is 8.42. The van der Waals surface area contributed by atoms with Gasteiger partial charge in [-0.25, -0.2) is 0 Å². The molecule has 19 heavy (non-hydrogen) atoms. The Hall–Kier alpha value is -0.120. The number of piperidine rings is 1. The van der Waals surface area contributed by atoms with E-state index in [1.54, 1.807) is 0 Å². The second-order valence-corrected chi connectivity index (χ2v) is 6.21. The van der Waals surface area contributed by atoms with Gasteiger partial charge in [0.05, 0.1) is 6.61 Å². The smallest absolute Gasteiger partial charge is 0.0593 e. The third-order valence-electron chi connectivity index (χ3n) is 4.70. The molecule has 0 radical (unpaired) electrons. The van der Waals surface area contributed by atoms with Gasteiger partial charge in [0.25, 0.3) is 0 Å². The van der Waals surface area contributed by atoms with Crippen molar-refractivity contribution in [1.82, 2.24) is 10.2 Å². The summed E-state index contributed by atoms with van der Waals surface area (Å²) in [6.45, 7) is 8.69. The predicted octanol–water partition coefficient (Wildman–Crippen LogP) is 2.80. The standard InChI is InChI=1S/C16H32N2O/c1-3-5-10-19-11-9-18-15-6-7-16(18)13-14(12-15)17-8-4-2/h14-17H,3-13H2,1-2H3. The minimum absolute atomic E-state index is 0.773. The minimum Gasteiger partial charge on any atom is -0.380 e. The van der Waals surface area contributed by atoms with Crippen LogP contribution < -0.4 is 5.32 Å². The number of ether oxygens (including phenoxy) is 1. The van der Waals surface area contributed by atoms with Crippen molar-refractivity contribution in [3.8, 4) is 0 Å². The van der Waals surface area contributed by atoms with E-state index in [0.29, 0.717) is 0 Å². The first-order valence-electron chi connectivity index (χ1n) is 8.42. The van der Waals surface area contributed by atoms with Crippen LogP contribution in [0.2, 0.25) is 0 Å². The molecule has 0 aromatic heterocycles. The lowest BCUT2D eigenvalue weighted by molar-refractivity contribution is 0.0580. The molecule has 0 aromatic carbocycles. The van der Waals surface area contributed by atoms with E-state index in [2.05, 4.69) is 24.1 Å². The van der Waals surface area contributed by atoms with Crippen LogP contribution in [0.15, 0.2) is 0 Å². The maximum atomic E-state index is 5.74. The van der Waals surface area contributed by atoms with Gasteiger partial charge in [0, 0.05) is 31.3 Å². The van der Waals surface area contributed by atoms with Crippen LogP contribution in [0.25, 0.3) is 0 Å². The van der Waals surface area contributed by atoms with Gasteiger partial charge in [-0.05, 0) is 45.1 Å². The Morgan fingerprint density at radius 2 is 1.79 bits per heavy atom. The normalized spacial score (nSPS) is 30.9. The Bertz CT molecular complexity index is 233. The van der Waals surface area contributed by atoms with Crippen LogP contribution in [0.5, 0.6) is 0 Å². The Kier molecular flexibility index (Phi) is 6.62. The molecule has 112 valence electrons. The van der Waals surface area contributed by atoms with Gasteiger partial charge in [-0.2, -0.15) is 0 Å². The van der Waals surface area contributed by atoms with E-state index in [0.717, 1.165) is 37.9 Å². The van der Waals surface area contributed by atoms with Crippen LogP contribution in [0.4, 0.5) is 0 Å². The first-order chi connectivity index (χ1) is 9.35. The van der Waals surface area contributed by atoms with Gasteiger partial charge >= 0.3 is 0 Å². The van der Waals surface area contributed by atoms with Crippen LogP contribution in [0, 0.1) is 0 Å². The fraction of sp³-hybridized carbons (Fsp3) is 1.00. The summed E-state index contributed by atoms with van der Waals surface area (Å²) in [5.41, 5.74) is 0. The Morgan fingerprint density at radius 3 is 2.42 bits per heavy atom. The maximum absolute atomic E-state index is 5.74. The molecule has 2 fully saturated rings. The van der Waals surface area contributed by atoms with Crippen molar-refractivity contribution >= 4 is 0 Å². The topological polar surface area (TPSA) is 24.5 Å². The van der Waals surface area contributed by atoms with Gasteiger partial charge in [0.15, 0.2) is 0 Å². The number of fused-ring (bicyclic) bond motifs is 2. The molecule has 2 heterocycles. The molecule has 2 saturated heterocycles. The van der Waals surface area contributed by atoms with Gasteiger partial charge in [-0.3, -0.25) is 4.90 Å². The van der Waals surface area contributed by atoms with E-state index in [-0.39, 0.29) is 0 Å². The van der Waals surface area contributed by atoms with Gasteiger partial charge in [-0.1, -0.05) is 20.3 Å². The minimum atomic E-state index is 0.773. The lowest BCUT2D eigenvalue weighted by Gasteiger charge is -2.39. The van der Waals surface area contributed by atoms with Crippen LogP contribution in [-0.2, 0) is 4.74 Å². The van der Waals surface area contributed by atoms with E-state index in [1.165, 1.54) is 51.5 Å². The summed E-state index contributed by atoms with van der Waals surface area (Å²) >= 11 is 0. The highest BCUT2D eigenvalue weighted by Crippen LogP contribution is 2.35. The number of hydrogen-bond donors (Lipinski definition) is 1. The van der Waals surface area contributed by atoms with Crippen molar-refractivity contribution in [2.75, 3.05) is 26.3 Å². The molecule has 2 aliphatic heterocycles. The van der Waals surface area contributed by atoms with Crippen molar-refractivity contribution in [2.45, 2.75) is 76.9 Å². The third kappa shape index (κ3) is 4.44. The monoisotopic (exact) mass is 268 g/mol. The summed E-state index contributed by atoms with van der Waals surface area (Å²) < 4.78 is 5.74. The SMILES string of the molecule is CCCCOCCN1C2CCC1CC(NCCC)C2. The molecule has 0 amide bonds. The largest absolute Gasteiger partial charge is 0.380 e. The zero-order valence-electron chi connectivity index (χ0n) is 12.9. The number of unbranched alkanes of at least 4 members (excludes halogenated alkanes) is 1. The van der Waals surface area contributed by atoms with Gasteiger partial charge in [-0.15, -0.1) is 0 Å². The molecular weight excluding hydrogens is 236 g/mol. The molecule has 0 aromatic rings. The van der Waals surface area contributed by atoms with Gasteiger partial charge in [0.1, 0.15) is 0 Å². The molecule has 2 rings (SSSR count). The summed E-state index contributed by atoms with van der Waals surface area (Å²) in [7, 11) is 0. The number of rotatable bonds is 9. The molecule has 3 nitrogen and oxygen atoms in total. The molecule has 2 bridgehead atoms. The quantitative estimate of drug-likeness (QED) is 0.651. The number of nitrogens with one attached hydrogen (secondary N) is 1. The van der Waals surface area contributed by atoms with E-state index >= 15 is 0 Å². The third-order valence-corrected chi connectivity index (χ3v) is 4.70. The fourth-order valence-corrected chi connectivity index (χ4v) is 3.67. The Balaban J connectivity index is 1.67. The first kappa shape index (κ1) is 15.3. The Labute approximate surface area is 119 Å². The average molecular weight is 268 g/mol. The van der Waals surface area contributed by atoms with Crippen LogP contribution in [0.1, 0.15) is 58.8 Å². The van der Waals surface area contributed by atoms with E-state index in [1.807, 2.05) is 0 Å². The lowest BCUT2D eigenvalue weighted by atomic mass is 9.97. The predicted molar refractivity (Wildman–Crippen MR) is 80.6 cm³/mol. The maximum Gasteiger partial charge on any atom is 0.0593 e. The summed E-state index contributed by atoms with van der Waals surface area (Å²) in [6.07, 6.45) is 9.21. The van der Waals surface area contributed by atoms with E-state index in [9.17, 15) is 0 Å². The molecule has 1 N–H and O–H groups in total. The fourth-order valence-electron chi connectivity index (χ4n) is 3.67.